The number of unbranched alkanes of at least 4 members (excludes halogenated alkanes) is 1. The van der Waals surface area contributed by atoms with Crippen molar-refractivity contribution < 1.29 is 19.4 Å². The summed E-state index contributed by atoms with van der Waals surface area (Å²) in [6.45, 7) is 11.6. The Kier molecular flexibility index (Phi) is 12.1. The summed E-state index contributed by atoms with van der Waals surface area (Å²) in [6.07, 6.45) is 9.44. The maximum atomic E-state index is 12.8. The van der Waals surface area contributed by atoms with Crippen LogP contribution in [0, 0.1) is 0 Å². The highest BCUT2D eigenvalue weighted by molar-refractivity contribution is 5.82. The van der Waals surface area contributed by atoms with Gasteiger partial charge in [0.2, 0.25) is 0 Å². The van der Waals surface area contributed by atoms with E-state index in [4.69, 9.17) is 9.72 Å². The fourth-order valence-corrected chi connectivity index (χ4v) is 5.23. The minimum Gasteiger partial charge on any atom is -0.480 e. The maximum absolute atomic E-state index is 12.8. The number of ether oxygens (including phenoxy) is 1. The number of carboxylic acids is 1. The van der Waals surface area contributed by atoms with E-state index in [1.807, 2.05) is 27.7 Å². The van der Waals surface area contributed by atoms with Crippen molar-refractivity contribution in [3.8, 4) is 0 Å². The molecule has 214 valence electrons. The zero-order valence-corrected chi connectivity index (χ0v) is 23.9. The summed E-state index contributed by atoms with van der Waals surface area (Å²) >= 11 is 0. The first-order valence-electron chi connectivity index (χ1n) is 14.6. The lowest BCUT2D eigenvalue weighted by Gasteiger charge is -2.32. The highest BCUT2D eigenvalue weighted by Crippen LogP contribution is 2.22. The van der Waals surface area contributed by atoms with Gasteiger partial charge in [0.05, 0.1) is 12.7 Å². The Balaban J connectivity index is 1.50. The van der Waals surface area contributed by atoms with Gasteiger partial charge in [0.15, 0.2) is 0 Å². The van der Waals surface area contributed by atoms with E-state index in [9.17, 15) is 14.7 Å². The molecule has 0 spiro atoms. The maximum Gasteiger partial charge on any atom is 0.326 e. The van der Waals surface area contributed by atoms with Crippen molar-refractivity contribution >= 4 is 17.8 Å². The van der Waals surface area contributed by atoms with Gasteiger partial charge in [-0.25, -0.2) is 14.6 Å². The van der Waals surface area contributed by atoms with Crippen LogP contribution in [0.1, 0.15) is 83.9 Å². The van der Waals surface area contributed by atoms with Crippen LogP contribution in [0.4, 0.5) is 10.6 Å². The molecule has 3 rings (SSSR count). The van der Waals surface area contributed by atoms with E-state index in [2.05, 4.69) is 27.7 Å². The fraction of sp³-hybridized carbons (Fsp3) is 0.759. The molecule has 0 saturated heterocycles. The number of nitrogens with one attached hydrogen (secondary N) is 2. The van der Waals surface area contributed by atoms with Crippen molar-refractivity contribution in [3.05, 3.63) is 23.4 Å². The van der Waals surface area contributed by atoms with E-state index >= 15 is 0 Å². The number of rotatable bonds is 16. The molecule has 0 radical (unpaired) electrons. The van der Waals surface area contributed by atoms with Crippen LogP contribution < -0.4 is 10.6 Å². The monoisotopic (exact) mass is 531 g/mol. The molecule has 0 bridgehead atoms. The predicted octanol–water partition coefficient (Wildman–Crippen LogP) is 4.31. The molecular weight excluding hydrogens is 482 g/mol. The van der Waals surface area contributed by atoms with Crippen molar-refractivity contribution in [2.75, 3.05) is 38.1 Å². The van der Waals surface area contributed by atoms with Crippen LogP contribution in [0.3, 0.4) is 0 Å². The number of hydrogen-bond donors (Lipinski definition) is 3. The van der Waals surface area contributed by atoms with Crippen molar-refractivity contribution in [1.82, 2.24) is 20.1 Å². The second kappa shape index (κ2) is 15.3. The summed E-state index contributed by atoms with van der Waals surface area (Å²) in [5, 5.41) is 16.0. The lowest BCUT2D eigenvalue weighted by molar-refractivity contribution is -0.139. The van der Waals surface area contributed by atoms with Crippen molar-refractivity contribution in [2.24, 2.45) is 0 Å². The fourth-order valence-electron chi connectivity index (χ4n) is 5.23. The van der Waals surface area contributed by atoms with Crippen LogP contribution in [0.25, 0.3) is 0 Å². The molecule has 9 nitrogen and oxygen atoms in total. The Labute approximate surface area is 228 Å². The Morgan fingerprint density at radius 3 is 2.53 bits per heavy atom. The number of aryl methyl sites for hydroxylation is 2. The molecule has 1 saturated carbocycles. The first kappa shape index (κ1) is 30.2. The SMILES string of the molecule is CC(C)N(C(=O)NC(CCN(CCCCc1ccc2c(n1)NCCC2)CCOC1CCC1)C(=O)O)C(C)C. The standard InChI is InChI=1S/C29H49N5O4/c1-21(2)34(22(3)4)29(37)32-26(28(35)36)15-18-33(19-20-38-25-11-7-12-25)17-6-5-10-24-14-13-23-9-8-16-30-27(23)31-24/h13-14,21-22,25-26H,5-12,15-20H2,1-4H3,(H,30,31)(H,32,37)(H,35,36). The zero-order chi connectivity index (χ0) is 27.5. The van der Waals surface area contributed by atoms with E-state index in [0.29, 0.717) is 25.7 Å². The molecule has 0 aromatic carbocycles. The van der Waals surface area contributed by atoms with E-state index in [1.54, 1.807) is 4.90 Å². The van der Waals surface area contributed by atoms with Crippen LogP contribution >= 0.6 is 0 Å². The molecule has 2 heterocycles. The summed E-state index contributed by atoms with van der Waals surface area (Å²) in [6, 6.07) is 3.08. The highest BCUT2D eigenvalue weighted by atomic mass is 16.5. The van der Waals surface area contributed by atoms with Gasteiger partial charge in [0.25, 0.3) is 0 Å². The van der Waals surface area contributed by atoms with Crippen LogP contribution in [0.15, 0.2) is 12.1 Å². The molecule has 1 aliphatic heterocycles. The van der Waals surface area contributed by atoms with Gasteiger partial charge in [-0.2, -0.15) is 0 Å². The third-order valence-corrected chi connectivity index (χ3v) is 7.60. The molecule has 1 aromatic heterocycles. The molecule has 9 heteroatoms. The van der Waals surface area contributed by atoms with Crippen LogP contribution in [0.2, 0.25) is 0 Å². The third-order valence-electron chi connectivity index (χ3n) is 7.60. The molecule has 1 aromatic rings. The molecule has 2 aliphatic rings. The van der Waals surface area contributed by atoms with Gasteiger partial charge in [-0.3, -0.25) is 0 Å². The van der Waals surface area contributed by atoms with Crippen LogP contribution in [-0.4, -0.2) is 88.9 Å². The van der Waals surface area contributed by atoms with E-state index in [1.165, 1.54) is 12.0 Å². The number of anilines is 1. The molecule has 2 amide bonds. The molecule has 3 N–H and O–H groups in total. The second-order valence-electron chi connectivity index (χ2n) is 11.3. The molecular formula is C29H49N5O4. The number of carbonyl (C=O) groups is 2. The summed E-state index contributed by atoms with van der Waals surface area (Å²) < 4.78 is 5.99. The van der Waals surface area contributed by atoms with Crippen molar-refractivity contribution in [1.29, 1.82) is 0 Å². The van der Waals surface area contributed by atoms with E-state index in [-0.39, 0.29) is 18.1 Å². The number of aromatic nitrogens is 1. The summed E-state index contributed by atoms with van der Waals surface area (Å²) in [5.74, 6) is 0.0438. The van der Waals surface area contributed by atoms with Gasteiger partial charge in [0.1, 0.15) is 11.9 Å². The second-order valence-corrected chi connectivity index (χ2v) is 11.3. The molecule has 1 fully saturated rings. The van der Waals surface area contributed by atoms with Gasteiger partial charge in [0, 0.05) is 37.4 Å². The van der Waals surface area contributed by atoms with Gasteiger partial charge >= 0.3 is 12.0 Å². The first-order valence-corrected chi connectivity index (χ1v) is 14.6. The number of urea groups is 1. The quantitative estimate of drug-likeness (QED) is 0.273. The minimum atomic E-state index is -0.997. The summed E-state index contributed by atoms with van der Waals surface area (Å²) in [5.41, 5.74) is 2.43. The van der Waals surface area contributed by atoms with Gasteiger partial charge in [-0.1, -0.05) is 6.07 Å². The molecule has 38 heavy (non-hydrogen) atoms. The van der Waals surface area contributed by atoms with Gasteiger partial charge < -0.3 is 30.3 Å². The summed E-state index contributed by atoms with van der Waals surface area (Å²) in [7, 11) is 0. The number of pyridine rings is 1. The lowest BCUT2D eigenvalue weighted by Crippen LogP contribution is -2.53. The molecule has 1 aliphatic carbocycles. The van der Waals surface area contributed by atoms with Crippen LogP contribution in [0.5, 0.6) is 0 Å². The molecule has 1 atom stereocenters. The number of carbonyl (C=O) groups excluding carboxylic acids is 1. The Morgan fingerprint density at radius 2 is 1.87 bits per heavy atom. The van der Waals surface area contributed by atoms with E-state index in [0.717, 1.165) is 76.1 Å². The highest BCUT2D eigenvalue weighted by Gasteiger charge is 2.27. The van der Waals surface area contributed by atoms with E-state index < -0.39 is 12.0 Å². The Hall–Kier alpha value is -2.39. The number of carboxylic acid groups (broad SMARTS) is 1. The van der Waals surface area contributed by atoms with Gasteiger partial charge in [-0.15, -0.1) is 0 Å². The number of aliphatic carboxylic acids is 1. The normalized spacial score (nSPS) is 16.2. The molecule has 1 unspecified atom stereocenters. The number of hydrogen-bond acceptors (Lipinski definition) is 6. The van der Waals surface area contributed by atoms with Gasteiger partial charge in [-0.05, 0) is 104 Å². The average molecular weight is 532 g/mol. The lowest BCUT2D eigenvalue weighted by atomic mass is 9.96. The number of nitrogens with zero attached hydrogens (tertiary/aromatic N) is 3. The zero-order valence-electron chi connectivity index (χ0n) is 23.9. The third kappa shape index (κ3) is 9.42. The van der Waals surface area contributed by atoms with Crippen molar-refractivity contribution in [3.63, 3.8) is 0 Å². The average Bonchev–Trinajstić information content (AvgIpc) is 2.84. The smallest absolute Gasteiger partial charge is 0.326 e. The first-order chi connectivity index (χ1) is 18.2. The number of amides is 2. The topological polar surface area (TPSA) is 107 Å². The predicted molar refractivity (Wildman–Crippen MR) is 151 cm³/mol. The summed E-state index contributed by atoms with van der Waals surface area (Å²) in [4.78, 5) is 33.6. The van der Waals surface area contributed by atoms with Crippen LogP contribution in [-0.2, 0) is 22.4 Å². The largest absolute Gasteiger partial charge is 0.480 e. The Morgan fingerprint density at radius 1 is 1.11 bits per heavy atom. The number of fused-ring (bicyclic) bond motifs is 1. The van der Waals surface area contributed by atoms with Crippen molar-refractivity contribution in [2.45, 2.75) is 110 Å². The Bertz CT molecular complexity index is 882. The minimum absolute atomic E-state index is 0.00927.